The maximum Gasteiger partial charge on any atom is 0.337 e. The molecule has 1 N–H and O–H groups in total. The van der Waals surface area contributed by atoms with E-state index in [-0.39, 0.29) is 27.9 Å². The van der Waals surface area contributed by atoms with Crippen LogP contribution < -0.4 is 4.90 Å². The fourth-order valence-electron chi connectivity index (χ4n) is 2.37. The van der Waals surface area contributed by atoms with Crippen molar-refractivity contribution in [1.29, 1.82) is 5.26 Å². The SMILES string of the molecule is N#Cc1cc(N2C(=O)c3ccccc3C2=O)ccc1C(=O)O. The van der Waals surface area contributed by atoms with Gasteiger partial charge in [0, 0.05) is 0 Å². The summed E-state index contributed by atoms with van der Waals surface area (Å²) >= 11 is 0. The van der Waals surface area contributed by atoms with E-state index in [9.17, 15) is 14.4 Å². The molecule has 0 aliphatic carbocycles. The monoisotopic (exact) mass is 292 g/mol. The van der Waals surface area contributed by atoms with Gasteiger partial charge in [0.15, 0.2) is 0 Å². The number of carbonyl (C=O) groups excluding carboxylic acids is 2. The van der Waals surface area contributed by atoms with E-state index in [1.807, 2.05) is 0 Å². The molecule has 1 aliphatic rings. The van der Waals surface area contributed by atoms with E-state index in [0.717, 1.165) is 4.90 Å². The van der Waals surface area contributed by atoms with Crippen LogP contribution in [0.3, 0.4) is 0 Å². The highest BCUT2D eigenvalue weighted by molar-refractivity contribution is 6.34. The Morgan fingerprint density at radius 1 is 1.05 bits per heavy atom. The average Bonchev–Trinajstić information content (AvgIpc) is 2.78. The summed E-state index contributed by atoms with van der Waals surface area (Å²) < 4.78 is 0. The summed E-state index contributed by atoms with van der Waals surface area (Å²) in [5.74, 6) is -2.23. The number of carboxylic acids is 1. The molecule has 0 saturated carbocycles. The first kappa shape index (κ1) is 13.5. The zero-order chi connectivity index (χ0) is 15.9. The summed E-state index contributed by atoms with van der Waals surface area (Å²) in [4.78, 5) is 36.6. The van der Waals surface area contributed by atoms with E-state index in [2.05, 4.69) is 0 Å². The van der Waals surface area contributed by atoms with Gasteiger partial charge in [-0.3, -0.25) is 9.59 Å². The van der Waals surface area contributed by atoms with E-state index >= 15 is 0 Å². The van der Waals surface area contributed by atoms with Crippen LogP contribution in [0.2, 0.25) is 0 Å². The van der Waals surface area contributed by atoms with Crippen LogP contribution in [0.15, 0.2) is 42.5 Å². The van der Waals surface area contributed by atoms with E-state index < -0.39 is 17.8 Å². The molecule has 22 heavy (non-hydrogen) atoms. The molecule has 6 heteroatoms. The lowest BCUT2D eigenvalue weighted by molar-refractivity contribution is 0.0696. The Morgan fingerprint density at radius 2 is 1.64 bits per heavy atom. The van der Waals surface area contributed by atoms with Crippen molar-refractivity contribution in [1.82, 2.24) is 0 Å². The van der Waals surface area contributed by atoms with Gasteiger partial charge >= 0.3 is 5.97 Å². The minimum atomic E-state index is -1.24. The van der Waals surface area contributed by atoms with Crippen molar-refractivity contribution in [3.05, 3.63) is 64.7 Å². The molecule has 0 spiro atoms. The largest absolute Gasteiger partial charge is 0.478 e. The highest BCUT2D eigenvalue weighted by Gasteiger charge is 2.36. The number of nitrogens with zero attached hydrogens (tertiary/aromatic N) is 2. The van der Waals surface area contributed by atoms with Gasteiger partial charge in [0.05, 0.1) is 27.9 Å². The van der Waals surface area contributed by atoms with Crippen molar-refractivity contribution < 1.29 is 19.5 Å². The quantitative estimate of drug-likeness (QED) is 0.854. The molecule has 0 aromatic heterocycles. The third-order valence-electron chi connectivity index (χ3n) is 3.41. The molecule has 6 nitrogen and oxygen atoms in total. The molecule has 0 atom stereocenters. The second-order valence-electron chi connectivity index (χ2n) is 4.64. The second-order valence-corrected chi connectivity index (χ2v) is 4.64. The van der Waals surface area contributed by atoms with Gasteiger partial charge in [-0.2, -0.15) is 5.26 Å². The summed E-state index contributed by atoms with van der Waals surface area (Å²) in [5, 5.41) is 18.0. The van der Waals surface area contributed by atoms with Gasteiger partial charge in [0.1, 0.15) is 6.07 Å². The van der Waals surface area contributed by atoms with Crippen LogP contribution in [0.4, 0.5) is 5.69 Å². The lowest BCUT2D eigenvalue weighted by Gasteiger charge is -2.14. The maximum absolute atomic E-state index is 12.3. The van der Waals surface area contributed by atoms with Crippen LogP contribution in [0.25, 0.3) is 0 Å². The summed E-state index contributed by atoms with van der Waals surface area (Å²) in [6, 6.07) is 11.9. The Labute approximate surface area is 124 Å². The first-order chi connectivity index (χ1) is 10.5. The van der Waals surface area contributed by atoms with Crippen molar-refractivity contribution in [2.75, 3.05) is 4.90 Å². The van der Waals surface area contributed by atoms with Crippen LogP contribution in [-0.4, -0.2) is 22.9 Å². The third kappa shape index (κ3) is 1.84. The number of nitriles is 1. The number of carboxylic acid groups (broad SMARTS) is 1. The van der Waals surface area contributed by atoms with E-state index in [1.54, 1.807) is 30.3 Å². The van der Waals surface area contributed by atoms with Crippen molar-refractivity contribution in [2.45, 2.75) is 0 Å². The Morgan fingerprint density at radius 3 is 2.14 bits per heavy atom. The number of hydrogen-bond acceptors (Lipinski definition) is 4. The average molecular weight is 292 g/mol. The molecular formula is C16H8N2O4. The van der Waals surface area contributed by atoms with E-state index in [1.165, 1.54) is 18.2 Å². The van der Waals surface area contributed by atoms with Crippen molar-refractivity contribution >= 4 is 23.5 Å². The minimum Gasteiger partial charge on any atom is -0.478 e. The number of hydrogen-bond donors (Lipinski definition) is 1. The van der Waals surface area contributed by atoms with Crippen molar-refractivity contribution in [2.24, 2.45) is 0 Å². The van der Waals surface area contributed by atoms with E-state index in [0.29, 0.717) is 0 Å². The second kappa shape index (κ2) is 4.82. The van der Waals surface area contributed by atoms with Crippen LogP contribution in [0.1, 0.15) is 36.6 Å². The molecule has 1 heterocycles. The summed E-state index contributed by atoms with van der Waals surface area (Å²) in [6.45, 7) is 0. The predicted molar refractivity (Wildman–Crippen MR) is 75.7 cm³/mol. The molecule has 2 amide bonds. The van der Waals surface area contributed by atoms with Gasteiger partial charge in [-0.15, -0.1) is 0 Å². The molecule has 3 rings (SSSR count). The smallest absolute Gasteiger partial charge is 0.337 e. The van der Waals surface area contributed by atoms with Gasteiger partial charge in [-0.1, -0.05) is 12.1 Å². The van der Waals surface area contributed by atoms with Crippen molar-refractivity contribution in [3.63, 3.8) is 0 Å². The number of imide groups is 1. The van der Waals surface area contributed by atoms with Crippen LogP contribution in [-0.2, 0) is 0 Å². The Kier molecular flexibility index (Phi) is 2.96. The molecular weight excluding hydrogens is 284 g/mol. The van der Waals surface area contributed by atoms with Gasteiger partial charge in [0.25, 0.3) is 11.8 Å². The number of anilines is 1. The van der Waals surface area contributed by atoms with Crippen molar-refractivity contribution in [3.8, 4) is 6.07 Å². The topological polar surface area (TPSA) is 98.5 Å². The molecule has 1 aliphatic heterocycles. The molecule has 106 valence electrons. The number of aromatic carboxylic acids is 1. The normalized spacial score (nSPS) is 13.0. The van der Waals surface area contributed by atoms with Crippen LogP contribution >= 0.6 is 0 Å². The third-order valence-corrected chi connectivity index (χ3v) is 3.41. The highest BCUT2D eigenvalue weighted by Crippen LogP contribution is 2.29. The number of rotatable bonds is 2. The number of benzene rings is 2. The molecule has 2 aromatic rings. The Hall–Kier alpha value is -3.46. The van der Waals surface area contributed by atoms with Crippen LogP contribution in [0, 0.1) is 11.3 Å². The lowest BCUT2D eigenvalue weighted by Crippen LogP contribution is -2.29. The molecule has 0 bridgehead atoms. The van der Waals surface area contributed by atoms with Gasteiger partial charge in [-0.25, -0.2) is 9.69 Å². The minimum absolute atomic E-state index is 0.110. The first-order valence-electron chi connectivity index (χ1n) is 6.30. The van der Waals surface area contributed by atoms with E-state index in [4.69, 9.17) is 10.4 Å². The molecule has 0 radical (unpaired) electrons. The number of fused-ring (bicyclic) bond motifs is 1. The molecule has 0 saturated heterocycles. The summed E-state index contributed by atoms with van der Waals surface area (Å²) in [7, 11) is 0. The fourth-order valence-corrected chi connectivity index (χ4v) is 2.37. The van der Waals surface area contributed by atoms with Gasteiger partial charge < -0.3 is 5.11 Å². The Balaban J connectivity index is 2.11. The molecule has 0 fully saturated rings. The Bertz CT molecular complexity index is 845. The molecule has 2 aromatic carbocycles. The zero-order valence-corrected chi connectivity index (χ0v) is 11.1. The van der Waals surface area contributed by atoms with Gasteiger partial charge in [0.2, 0.25) is 0 Å². The fraction of sp³-hybridized carbons (Fsp3) is 0. The standard InChI is InChI=1S/C16H8N2O4/c17-8-9-7-10(5-6-11(9)16(21)22)18-14(19)12-3-1-2-4-13(12)15(18)20/h1-7H,(H,21,22). The molecule has 0 unspecified atom stereocenters. The summed E-state index contributed by atoms with van der Waals surface area (Å²) in [6.07, 6.45) is 0. The number of amides is 2. The lowest BCUT2D eigenvalue weighted by atomic mass is 10.1. The predicted octanol–water partition coefficient (Wildman–Crippen LogP) is 2.06. The first-order valence-corrected chi connectivity index (χ1v) is 6.30. The highest BCUT2D eigenvalue weighted by atomic mass is 16.4. The maximum atomic E-state index is 12.3. The summed E-state index contributed by atoms with van der Waals surface area (Å²) in [5.41, 5.74) is 0.457. The number of carbonyl (C=O) groups is 3. The van der Waals surface area contributed by atoms with Gasteiger partial charge in [-0.05, 0) is 30.3 Å². The zero-order valence-electron chi connectivity index (χ0n) is 11.1. The van der Waals surface area contributed by atoms with Crippen LogP contribution in [0.5, 0.6) is 0 Å².